The van der Waals surface area contributed by atoms with Gasteiger partial charge in [0, 0.05) is 45.3 Å². The number of halogens is 1. The second kappa shape index (κ2) is 13.1. The van der Waals surface area contributed by atoms with Crippen LogP contribution >= 0.6 is 24.0 Å². The van der Waals surface area contributed by atoms with Gasteiger partial charge in [0.05, 0.1) is 26.9 Å². The zero-order valence-electron chi connectivity index (χ0n) is 18.4. The molecule has 166 valence electrons. The number of benzene rings is 1. The van der Waals surface area contributed by atoms with Crippen molar-refractivity contribution in [2.24, 2.45) is 10.9 Å². The molecule has 1 saturated heterocycles. The average Bonchev–Trinajstić information content (AvgIpc) is 2.70. The molecule has 1 atom stereocenters. The molecule has 0 spiro atoms. The Balaban J connectivity index is 0.00000420. The third kappa shape index (κ3) is 8.18. The van der Waals surface area contributed by atoms with Gasteiger partial charge in [-0.25, -0.2) is 0 Å². The lowest BCUT2D eigenvalue weighted by atomic mass is 10.1. The van der Waals surface area contributed by atoms with E-state index in [4.69, 9.17) is 14.5 Å². The number of aliphatic hydroxyl groups excluding tert-OH is 1. The highest BCUT2D eigenvalue weighted by atomic mass is 127. The molecule has 1 unspecified atom stereocenters. The standard InChI is InChI=1S/C21H36N4O3.HI/c1-6-22-21(25-9-7-24(8-10-25)15-16(2)3)23-14-20(26)17-11-18(27-4)13-19(12-17)28-5;/h11-13,16,20,26H,6-10,14-15H2,1-5H3,(H,22,23);1H. The Morgan fingerprint density at radius 3 is 2.17 bits per heavy atom. The normalized spacial score (nSPS) is 16.4. The lowest BCUT2D eigenvalue weighted by Crippen LogP contribution is -2.53. The minimum absolute atomic E-state index is 0. The molecule has 1 aliphatic heterocycles. The number of piperazine rings is 1. The highest BCUT2D eigenvalue weighted by Crippen LogP contribution is 2.26. The molecular formula is C21H37IN4O3. The summed E-state index contributed by atoms with van der Waals surface area (Å²) in [5.74, 6) is 2.86. The number of nitrogens with zero attached hydrogens (tertiary/aromatic N) is 3. The monoisotopic (exact) mass is 520 g/mol. The predicted octanol–water partition coefficient (Wildman–Crippen LogP) is 2.59. The van der Waals surface area contributed by atoms with E-state index in [0.717, 1.165) is 50.8 Å². The molecule has 0 amide bonds. The van der Waals surface area contributed by atoms with E-state index < -0.39 is 6.10 Å². The molecule has 0 radical (unpaired) electrons. The average molecular weight is 520 g/mol. The maximum absolute atomic E-state index is 10.6. The van der Waals surface area contributed by atoms with Crippen molar-refractivity contribution in [3.8, 4) is 11.5 Å². The Labute approximate surface area is 192 Å². The lowest BCUT2D eigenvalue weighted by molar-refractivity contribution is 0.162. The van der Waals surface area contributed by atoms with E-state index >= 15 is 0 Å². The van der Waals surface area contributed by atoms with Crippen LogP contribution in [0.2, 0.25) is 0 Å². The second-order valence-electron chi connectivity index (χ2n) is 7.54. The smallest absolute Gasteiger partial charge is 0.194 e. The summed E-state index contributed by atoms with van der Waals surface area (Å²) >= 11 is 0. The fourth-order valence-corrected chi connectivity index (χ4v) is 3.38. The molecular weight excluding hydrogens is 483 g/mol. The van der Waals surface area contributed by atoms with Crippen molar-refractivity contribution in [2.75, 3.05) is 60.0 Å². The van der Waals surface area contributed by atoms with Crippen molar-refractivity contribution in [3.63, 3.8) is 0 Å². The summed E-state index contributed by atoms with van der Waals surface area (Å²) in [7, 11) is 3.20. The summed E-state index contributed by atoms with van der Waals surface area (Å²) in [5.41, 5.74) is 0.734. The van der Waals surface area contributed by atoms with Gasteiger partial charge in [0.15, 0.2) is 5.96 Å². The van der Waals surface area contributed by atoms with Gasteiger partial charge in [-0.15, -0.1) is 24.0 Å². The largest absolute Gasteiger partial charge is 0.497 e. The molecule has 8 heteroatoms. The first-order valence-corrected chi connectivity index (χ1v) is 10.1. The zero-order valence-corrected chi connectivity index (χ0v) is 20.7. The van der Waals surface area contributed by atoms with Crippen molar-refractivity contribution in [2.45, 2.75) is 26.9 Å². The summed E-state index contributed by atoms with van der Waals surface area (Å²) in [6.07, 6.45) is -0.722. The van der Waals surface area contributed by atoms with Gasteiger partial charge < -0.3 is 24.8 Å². The van der Waals surface area contributed by atoms with Crippen LogP contribution in [0.1, 0.15) is 32.4 Å². The molecule has 0 saturated carbocycles. The SMILES string of the molecule is CCNC(=NCC(O)c1cc(OC)cc(OC)c1)N1CCN(CC(C)C)CC1.I. The maximum atomic E-state index is 10.6. The second-order valence-corrected chi connectivity index (χ2v) is 7.54. The van der Waals surface area contributed by atoms with Crippen LogP contribution in [-0.2, 0) is 0 Å². The molecule has 1 fully saturated rings. The fourth-order valence-electron chi connectivity index (χ4n) is 3.38. The Morgan fingerprint density at radius 2 is 1.69 bits per heavy atom. The van der Waals surface area contributed by atoms with Crippen molar-refractivity contribution < 1.29 is 14.6 Å². The van der Waals surface area contributed by atoms with Crippen LogP contribution in [-0.4, -0.2) is 80.9 Å². The fraction of sp³-hybridized carbons (Fsp3) is 0.667. The minimum Gasteiger partial charge on any atom is -0.497 e. The van der Waals surface area contributed by atoms with Crippen LogP contribution < -0.4 is 14.8 Å². The molecule has 1 aromatic carbocycles. The number of nitrogens with one attached hydrogen (secondary N) is 1. The van der Waals surface area contributed by atoms with Crippen molar-refractivity contribution in [1.29, 1.82) is 0 Å². The van der Waals surface area contributed by atoms with E-state index in [2.05, 4.69) is 35.9 Å². The first-order valence-electron chi connectivity index (χ1n) is 10.1. The highest BCUT2D eigenvalue weighted by Gasteiger charge is 2.20. The quantitative estimate of drug-likeness (QED) is 0.312. The molecule has 0 bridgehead atoms. The van der Waals surface area contributed by atoms with Gasteiger partial charge in [0.1, 0.15) is 11.5 Å². The van der Waals surface area contributed by atoms with Gasteiger partial charge in [0.2, 0.25) is 0 Å². The van der Waals surface area contributed by atoms with Crippen LogP contribution in [0.3, 0.4) is 0 Å². The van der Waals surface area contributed by atoms with Crippen LogP contribution in [0.4, 0.5) is 0 Å². The summed E-state index contributed by atoms with van der Waals surface area (Å²) in [4.78, 5) is 9.47. The van der Waals surface area contributed by atoms with Gasteiger partial charge in [-0.2, -0.15) is 0 Å². The molecule has 29 heavy (non-hydrogen) atoms. The number of hydrogen-bond acceptors (Lipinski definition) is 5. The molecule has 1 aliphatic rings. The van der Waals surface area contributed by atoms with Crippen LogP contribution in [0.15, 0.2) is 23.2 Å². The van der Waals surface area contributed by atoms with E-state index in [9.17, 15) is 5.11 Å². The van der Waals surface area contributed by atoms with Crippen molar-refractivity contribution >= 4 is 29.9 Å². The van der Waals surface area contributed by atoms with Gasteiger partial charge >= 0.3 is 0 Å². The molecule has 2 N–H and O–H groups in total. The Morgan fingerprint density at radius 1 is 1.10 bits per heavy atom. The Kier molecular flexibility index (Phi) is 11.7. The number of aliphatic imine (C=N–C) groups is 1. The van der Waals surface area contributed by atoms with Crippen LogP contribution in [0.25, 0.3) is 0 Å². The maximum Gasteiger partial charge on any atom is 0.194 e. The lowest BCUT2D eigenvalue weighted by Gasteiger charge is -2.37. The molecule has 1 aromatic rings. The minimum atomic E-state index is -0.722. The van der Waals surface area contributed by atoms with Crippen molar-refractivity contribution in [3.05, 3.63) is 23.8 Å². The molecule has 7 nitrogen and oxygen atoms in total. The number of ether oxygens (including phenoxy) is 2. The van der Waals surface area contributed by atoms with E-state index in [1.165, 1.54) is 0 Å². The number of rotatable bonds is 8. The number of guanidine groups is 1. The third-order valence-corrected chi connectivity index (χ3v) is 4.80. The topological polar surface area (TPSA) is 69.6 Å². The van der Waals surface area contributed by atoms with E-state index in [1.807, 2.05) is 12.1 Å². The first kappa shape index (κ1) is 25.8. The van der Waals surface area contributed by atoms with E-state index in [1.54, 1.807) is 20.3 Å². The van der Waals surface area contributed by atoms with Gasteiger partial charge in [-0.05, 0) is 30.5 Å². The predicted molar refractivity (Wildman–Crippen MR) is 129 cm³/mol. The molecule has 1 heterocycles. The molecule has 2 rings (SSSR count). The summed E-state index contributed by atoms with van der Waals surface area (Å²) < 4.78 is 10.6. The summed E-state index contributed by atoms with van der Waals surface area (Å²) in [5, 5.41) is 14.0. The van der Waals surface area contributed by atoms with Gasteiger partial charge in [-0.1, -0.05) is 13.8 Å². The number of hydrogen-bond donors (Lipinski definition) is 2. The van der Waals surface area contributed by atoms with E-state index in [0.29, 0.717) is 17.4 Å². The van der Waals surface area contributed by atoms with Gasteiger partial charge in [-0.3, -0.25) is 9.89 Å². The molecule has 0 aliphatic carbocycles. The zero-order chi connectivity index (χ0) is 20.5. The number of aliphatic hydroxyl groups is 1. The summed E-state index contributed by atoms with van der Waals surface area (Å²) in [6.45, 7) is 12.8. The first-order chi connectivity index (χ1) is 13.5. The molecule has 0 aromatic heterocycles. The Hall–Kier alpha value is -1.26. The van der Waals surface area contributed by atoms with Crippen molar-refractivity contribution in [1.82, 2.24) is 15.1 Å². The number of methoxy groups -OCH3 is 2. The van der Waals surface area contributed by atoms with E-state index in [-0.39, 0.29) is 30.5 Å². The summed E-state index contributed by atoms with van der Waals surface area (Å²) in [6, 6.07) is 5.43. The van der Waals surface area contributed by atoms with Crippen LogP contribution in [0.5, 0.6) is 11.5 Å². The Bertz CT molecular complexity index is 612. The van der Waals surface area contributed by atoms with Gasteiger partial charge in [0.25, 0.3) is 0 Å². The van der Waals surface area contributed by atoms with Crippen LogP contribution in [0, 0.1) is 5.92 Å². The highest BCUT2D eigenvalue weighted by molar-refractivity contribution is 14.0. The third-order valence-electron chi connectivity index (χ3n) is 4.80.